The molecule has 1 atom stereocenters. The lowest BCUT2D eigenvalue weighted by molar-refractivity contribution is -0.136. The molecule has 224 valence electrons. The molecule has 0 aromatic carbocycles. The molecule has 0 saturated carbocycles. The zero-order valence-electron chi connectivity index (χ0n) is 26.1. The summed E-state index contributed by atoms with van der Waals surface area (Å²) in [5.41, 5.74) is 5.56. The molecule has 0 spiro atoms. The fourth-order valence-corrected chi connectivity index (χ4v) is 4.29. The molecule has 0 amide bonds. The summed E-state index contributed by atoms with van der Waals surface area (Å²) in [6.07, 6.45) is 22.0. The van der Waals surface area contributed by atoms with Crippen LogP contribution < -0.4 is 0 Å². The van der Waals surface area contributed by atoms with Gasteiger partial charge in [0.2, 0.25) is 0 Å². The molecule has 0 aromatic rings. The monoisotopic (exact) mass is 564 g/mol. The number of hydrogen-bond donors (Lipinski definition) is 1. The van der Waals surface area contributed by atoms with Gasteiger partial charge in [-0.2, -0.15) is 0 Å². The summed E-state index contributed by atoms with van der Waals surface area (Å²) in [6, 6.07) is 0. The van der Waals surface area contributed by atoms with E-state index in [1.807, 2.05) is 58.1 Å². The molecule has 0 aromatic heterocycles. The highest BCUT2D eigenvalue weighted by atomic mass is 19.1. The number of allylic oxidation sites excluding steroid dienone is 16. The Bertz CT molecular complexity index is 1180. The Balaban J connectivity index is 3.27. The maximum absolute atomic E-state index is 14.5. The molecule has 0 saturated heterocycles. The topological polar surface area (TPSA) is 55.8 Å². The average Bonchev–Trinajstić information content (AvgIpc) is 3.13. The zero-order valence-corrected chi connectivity index (χ0v) is 26.1. The van der Waals surface area contributed by atoms with Crippen molar-refractivity contribution in [2.75, 3.05) is 6.61 Å². The van der Waals surface area contributed by atoms with Gasteiger partial charge in [-0.25, -0.2) is 4.39 Å². The predicted molar refractivity (Wildman–Crippen MR) is 170 cm³/mol. The van der Waals surface area contributed by atoms with Crippen LogP contribution >= 0.6 is 0 Å². The molecule has 4 nitrogen and oxygen atoms in total. The van der Waals surface area contributed by atoms with Crippen molar-refractivity contribution in [2.45, 2.75) is 87.0 Å². The summed E-state index contributed by atoms with van der Waals surface area (Å²) in [5.74, 6) is 0.517. The highest BCUT2D eigenvalue weighted by Gasteiger charge is 2.17. The third kappa shape index (κ3) is 13.1. The summed E-state index contributed by atoms with van der Waals surface area (Å²) >= 11 is 0. The van der Waals surface area contributed by atoms with E-state index in [-0.39, 0.29) is 24.8 Å². The first-order valence-corrected chi connectivity index (χ1v) is 14.6. The molecule has 1 aliphatic carbocycles. The highest BCUT2D eigenvalue weighted by molar-refractivity contribution is 5.67. The molecule has 0 fully saturated rings. The Morgan fingerprint density at radius 1 is 1.15 bits per heavy atom. The third-order valence-corrected chi connectivity index (χ3v) is 7.08. The summed E-state index contributed by atoms with van der Waals surface area (Å²) in [5, 5.41) is 9.05. The van der Waals surface area contributed by atoms with Gasteiger partial charge in [-0.3, -0.25) is 4.79 Å². The summed E-state index contributed by atoms with van der Waals surface area (Å²) in [6.45, 7) is 18.6. The second-order valence-corrected chi connectivity index (χ2v) is 9.96. The first-order chi connectivity index (χ1) is 19.6. The molecule has 1 aliphatic rings. The molecule has 0 heterocycles. The van der Waals surface area contributed by atoms with Gasteiger partial charge in [0, 0.05) is 30.9 Å². The van der Waals surface area contributed by atoms with Crippen molar-refractivity contribution in [1.29, 1.82) is 0 Å². The summed E-state index contributed by atoms with van der Waals surface area (Å²) in [7, 11) is 0. The van der Waals surface area contributed by atoms with Gasteiger partial charge in [0.05, 0.1) is 0 Å². The standard InChI is InChI=1S/C36H49FO4/c1-9-14-16-30(13-5)27(7)35(23-29(11-3)12-4)28(8)41-33-20-19-32(37)24-34(25-33)40-22-15-17-31(26(6)10-2)18-21-36(38)39/h9,13-17,19,23-25,27H,5,10-12,18,20-22H2,1-4,6-8H3,(H,38,39)/b14-9-,17-15-,30-16+,31-26+,35-28-. The van der Waals surface area contributed by atoms with Gasteiger partial charge in [-0.1, -0.05) is 81.9 Å². The quantitative estimate of drug-likeness (QED) is 0.141. The van der Waals surface area contributed by atoms with E-state index < -0.39 is 5.97 Å². The van der Waals surface area contributed by atoms with Crippen LogP contribution in [0, 0.1) is 5.92 Å². The van der Waals surface area contributed by atoms with Crippen LogP contribution in [-0.2, 0) is 14.3 Å². The first kappa shape index (κ1) is 35.4. The molecule has 0 aliphatic heterocycles. The van der Waals surface area contributed by atoms with Crippen molar-refractivity contribution in [3.05, 3.63) is 118 Å². The van der Waals surface area contributed by atoms with Crippen LogP contribution in [0.4, 0.5) is 4.39 Å². The zero-order chi connectivity index (χ0) is 30.8. The van der Waals surface area contributed by atoms with Crippen LogP contribution in [0.3, 0.4) is 0 Å². The Morgan fingerprint density at radius 3 is 2.44 bits per heavy atom. The van der Waals surface area contributed by atoms with E-state index in [1.165, 1.54) is 17.7 Å². The van der Waals surface area contributed by atoms with E-state index in [0.29, 0.717) is 24.4 Å². The van der Waals surface area contributed by atoms with Crippen molar-refractivity contribution in [2.24, 2.45) is 5.92 Å². The largest absolute Gasteiger partial charge is 0.489 e. The Kier molecular flexibility index (Phi) is 16.8. The van der Waals surface area contributed by atoms with Crippen molar-refractivity contribution in [3.63, 3.8) is 0 Å². The normalized spacial score (nSPS) is 16.2. The Hall–Kier alpha value is -3.60. The van der Waals surface area contributed by atoms with Crippen LogP contribution in [0.5, 0.6) is 0 Å². The van der Waals surface area contributed by atoms with Gasteiger partial charge in [0.1, 0.15) is 29.7 Å². The molecule has 0 bridgehead atoms. The highest BCUT2D eigenvalue weighted by Crippen LogP contribution is 2.30. The molecule has 1 N–H and O–H groups in total. The second-order valence-electron chi connectivity index (χ2n) is 9.96. The number of carbonyl (C=O) groups is 1. The second kappa shape index (κ2) is 19.5. The number of hydrogen-bond acceptors (Lipinski definition) is 3. The lowest BCUT2D eigenvalue weighted by Gasteiger charge is -2.20. The minimum absolute atomic E-state index is 0.0433. The SMILES string of the molecule is C=C/C(=C\C=C/C)C(C)/C(C=C(CC)CC)=C(/C)OC1=CC(OC/C=C\C(CCC(=O)O)=C(\C)CC)=CC(F)=CC1. The maximum atomic E-state index is 14.5. The van der Waals surface area contributed by atoms with Crippen molar-refractivity contribution in [1.82, 2.24) is 0 Å². The molecular weight excluding hydrogens is 515 g/mol. The van der Waals surface area contributed by atoms with E-state index in [0.717, 1.165) is 47.3 Å². The van der Waals surface area contributed by atoms with Gasteiger partial charge < -0.3 is 14.6 Å². The van der Waals surface area contributed by atoms with Crippen LogP contribution in [0.1, 0.15) is 87.0 Å². The number of ether oxygens (including phenoxy) is 2. The van der Waals surface area contributed by atoms with Gasteiger partial charge in [0.15, 0.2) is 0 Å². The summed E-state index contributed by atoms with van der Waals surface area (Å²) in [4.78, 5) is 11.0. The first-order valence-electron chi connectivity index (χ1n) is 14.6. The predicted octanol–water partition coefficient (Wildman–Crippen LogP) is 10.5. The Morgan fingerprint density at radius 2 is 1.85 bits per heavy atom. The lowest BCUT2D eigenvalue weighted by atomic mass is 9.89. The van der Waals surface area contributed by atoms with Crippen LogP contribution in [-0.4, -0.2) is 17.7 Å². The molecule has 41 heavy (non-hydrogen) atoms. The molecule has 1 unspecified atom stereocenters. The molecule has 0 radical (unpaired) electrons. The van der Waals surface area contributed by atoms with Crippen LogP contribution in [0.25, 0.3) is 0 Å². The van der Waals surface area contributed by atoms with Crippen molar-refractivity contribution in [3.8, 4) is 0 Å². The van der Waals surface area contributed by atoms with Crippen LogP contribution in [0.2, 0.25) is 0 Å². The van der Waals surface area contributed by atoms with E-state index in [9.17, 15) is 9.18 Å². The molecule has 1 rings (SSSR count). The van der Waals surface area contributed by atoms with Gasteiger partial charge >= 0.3 is 5.97 Å². The van der Waals surface area contributed by atoms with Gasteiger partial charge in [-0.15, -0.1) is 0 Å². The molecular formula is C36H49FO4. The summed E-state index contributed by atoms with van der Waals surface area (Å²) < 4.78 is 26.7. The number of halogens is 1. The molecule has 5 heteroatoms. The fourth-order valence-electron chi connectivity index (χ4n) is 4.29. The maximum Gasteiger partial charge on any atom is 0.303 e. The Labute approximate surface area is 247 Å². The van der Waals surface area contributed by atoms with Crippen molar-refractivity contribution >= 4 is 5.97 Å². The minimum atomic E-state index is -0.827. The number of carboxylic acid groups (broad SMARTS) is 1. The van der Waals surface area contributed by atoms with Gasteiger partial charge in [-0.05, 0) is 75.3 Å². The van der Waals surface area contributed by atoms with Gasteiger partial charge in [0.25, 0.3) is 0 Å². The van der Waals surface area contributed by atoms with Crippen molar-refractivity contribution < 1.29 is 23.8 Å². The average molecular weight is 565 g/mol. The van der Waals surface area contributed by atoms with E-state index in [2.05, 4.69) is 39.5 Å². The van der Waals surface area contributed by atoms with Crippen LogP contribution in [0.15, 0.2) is 118 Å². The smallest absolute Gasteiger partial charge is 0.303 e. The van der Waals surface area contributed by atoms with E-state index in [1.54, 1.807) is 6.08 Å². The van der Waals surface area contributed by atoms with E-state index in [4.69, 9.17) is 14.6 Å². The lowest BCUT2D eigenvalue weighted by Crippen LogP contribution is -2.06. The fraction of sp³-hybridized carbons (Fsp3) is 0.417. The number of carboxylic acids is 1. The minimum Gasteiger partial charge on any atom is -0.489 e. The third-order valence-electron chi connectivity index (χ3n) is 7.08. The number of aliphatic carboxylic acids is 1. The number of rotatable bonds is 17. The van der Waals surface area contributed by atoms with E-state index >= 15 is 0 Å².